The van der Waals surface area contributed by atoms with Gasteiger partial charge in [0.15, 0.2) is 5.78 Å². The smallest absolute Gasteiger partial charge is 0.266 e. The molecular weight excluding hydrogens is 455 g/mol. The first-order chi connectivity index (χ1) is 16.7. The van der Waals surface area contributed by atoms with Crippen LogP contribution in [0.1, 0.15) is 64.7 Å². The quantitative estimate of drug-likeness (QED) is 0.624. The summed E-state index contributed by atoms with van der Waals surface area (Å²) < 4.78 is 42.2. The molecule has 8 atom stereocenters. The molecule has 35 heavy (non-hydrogen) atoms. The normalized spacial score (nSPS) is 41.0. The molecule has 2 aromatic rings. The van der Waals surface area contributed by atoms with Gasteiger partial charge in [-0.05, 0) is 105 Å². The summed E-state index contributed by atoms with van der Waals surface area (Å²) in [6.45, 7) is 2.39. The van der Waals surface area contributed by atoms with Crippen molar-refractivity contribution < 1.29 is 23.1 Å². The molecule has 0 saturated heterocycles. The van der Waals surface area contributed by atoms with Crippen molar-refractivity contribution in [2.45, 2.75) is 83.3 Å². The molecule has 0 aliphatic heterocycles. The summed E-state index contributed by atoms with van der Waals surface area (Å²) in [5.74, 6) is 1.86. The zero-order valence-corrected chi connectivity index (χ0v) is 20.2. The van der Waals surface area contributed by atoms with Gasteiger partial charge in [-0.15, -0.1) is 5.10 Å². The summed E-state index contributed by atoms with van der Waals surface area (Å²) in [6.07, 6.45) is 4.27. The van der Waals surface area contributed by atoms with Crippen LogP contribution in [0.15, 0.2) is 18.2 Å². The Hall–Kier alpha value is -1.96. The highest BCUT2D eigenvalue weighted by Gasteiger charge is 2.59. The summed E-state index contributed by atoms with van der Waals surface area (Å²) in [7, 11) is 0. The van der Waals surface area contributed by atoms with Crippen molar-refractivity contribution in [3.63, 3.8) is 0 Å². The number of Topliss-reactive ketones (excluding diaryl/α,β-unsaturated/α-hetero) is 1. The van der Waals surface area contributed by atoms with E-state index >= 15 is 0 Å². The first-order valence-electron chi connectivity index (χ1n) is 13.2. The lowest BCUT2D eigenvalue weighted by atomic mass is 9.49. The fourth-order valence-corrected chi connectivity index (χ4v) is 8.95. The molecule has 1 aromatic heterocycles. The lowest BCUT2D eigenvalue weighted by molar-refractivity contribution is -0.160. The highest BCUT2D eigenvalue weighted by Crippen LogP contribution is 2.65. The molecule has 8 heteroatoms. The maximum absolute atomic E-state index is 13.8. The average molecular weight is 490 g/mol. The SMILES string of the molecule is C[C@]12CC[C@@H]3C4CC[C@](O)(C(F)F)CC4CCC3[C@@H]1CC[C@@H]2C(=O)Cn1nnc2ccc(F)cc21. The third-order valence-corrected chi connectivity index (χ3v) is 10.6. The maximum Gasteiger partial charge on any atom is 0.266 e. The van der Waals surface area contributed by atoms with E-state index in [1.807, 2.05) is 0 Å². The third-order valence-electron chi connectivity index (χ3n) is 10.6. The van der Waals surface area contributed by atoms with Crippen LogP contribution in [0.25, 0.3) is 11.0 Å². The maximum atomic E-state index is 13.8. The Labute approximate surface area is 203 Å². The largest absolute Gasteiger partial charge is 0.384 e. The summed E-state index contributed by atoms with van der Waals surface area (Å²) in [5.41, 5.74) is -0.749. The number of ketones is 1. The lowest BCUT2D eigenvalue weighted by Crippen LogP contribution is -2.53. The molecule has 0 bridgehead atoms. The second-order valence-corrected chi connectivity index (χ2v) is 12.1. The van der Waals surface area contributed by atoms with Gasteiger partial charge in [0.05, 0.1) is 5.52 Å². The van der Waals surface area contributed by atoms with E-state index in [9.17, 15) is 23.1 Å². The number of carbonyl (C=O) groups is 1. The van der Waals surface area contributed by atoms with E-state index < -0.39 is 12.0 Å². The summed E-state index contributed by atoms with van der Waals surface area (Å²) in [5, 5.41) is 18.6. The van der Waals surface area contributed by atoms with E-state index in [-0.39, 0.29) is 48.2 Å². The van der Waals surface area contributed by atoms with Crippen LogP contribution in [0.3, 0.4) is 0 Å². The Balaban J connectivity index is 1.18. The van der Waals surface area contributed by atoms with Crippen LogP contribution in [-0.2, 0) is 11.3 Å². The van der Waals surface area contributed by atoms with Gasteiger partial charge >= 0.3 is 0 Å². The number of aromatic nitrogens is 3. The predicted molar refractivity (Wildman–Crippen MR) is 124 cm³/mol. The molecule has 3 unspecified atom stereocenters. The number of alkyl halides is 2. The fraction of sp³-hybridized carbons (Fsp3) is 0.741. The number of carbonyl (C=O) groups excluding carboxylic acids is 1. The van der Waals surface area contributed by atoms with Crippen LogP contribution < -0.4 is 0 Å². The molecule has 0 radical (unpaired) electrons. The predicted octanol–water partition coefficient (Wildman–Crippen LogP) is 5.40. The summed E-state index contributed by atoms with van der Waals surface area (Å²) >= 11 is 0. The number of rotatable bonds is 4. The first-order valence-corrected chi connectivity index (χ1v) is 13.2. The van der Waals surface area contributed by atoms with Crippen LogP contribution in [0.4, 0.5) is 13.2 Å². The Morgan fingerprint density at radius 3 is 2.71 bits per heavy atom. The average Bonchev–Trinajstić information content (AvgIpc) is 3.38. The number of hydrogen-bond donors (Lipinski definition) is 1. The van der Waals surface area contributed by atoms with Gasteiger partial charge < -0.3 is 5.11 Å². The highest BCUT2D eigenvalue weighted by molar-refractivity contribution is 5.84. The minimum Gasteiger partial charge on any atom is -0.384 e. The molecule has 4 fully saturated rings. The second-order valence-electron chi connectivity index (χ2n) is 12.1. The molecule has 1 aromatic carbocycles. The number of aliphatic hydroxyl groups is 1. The van der Waals surface area contributed by atoms with Gasteiger partial charge in [0.2, 0.25) is 0 Å². The second kappa shape index (κ2) is 8.29. The molecule has 5 nitrogen and oxygen atoms in total. The van der Waals surface area contributed by atoms with Crippen LogP contribution in [0, 0.1) is 46.7 Å². The molecule has 4 aliphatic carbocycles. The van der Waals surface area contributed by atoms with Gasteiger partial charge in [-0.2, -0.15) is 0 Å². The molecule has 0 spiro atoms. The van der Waals surface area contributed by atoms with Crippen molar-refractivity contribution in [3.8, 4) is 0 Å². The Morgan fingerprint density at radius 2 is 1.91 bits per heavy atom. The number of benzene rings is 1. The van der Waals surface area contributed by atoms with E-state index in [0.29, 0.717) is 41.1 Å². The molecule has 1 N–H and O–H groups in total. The molecule has 0 amide bonds. The minimum atomic E-state index is -2.67. The van der Waals surface area contributed by atoms with Crippen molar-refractivity contribution in [3.05, 3.63) is 24.0 Å². The molecule has 190 valence electrons. The van der Waals surface area contributed by atoms with E-state index in [2.05, 4.69) is 17.2 Å². The van der Waals surface area contributed by atoms with E-state index in [0.717, 1.165) is 38.5 Å². The molecule has 6 rings (SSSR count). The monoisotopic (exact) mass is 489 g/mol. The molecule has 4 saturated carbocycles. The van der Waals surface area contributed by atoms with Crippen LogP contribution >= 0.6 is 0 Å². The lowest BCUT2D eigenvalue weighted by Gasteiger charge is -2.57. The van der Waals surface area contributed by atoms with Crippen molar-refractivity contribution >= 4 is 16.8 Å². The zero-order valence-electron chi connectivity index (χ0n) is 20.2. The number of fused-ring (bicyclic) bond motifs is 6. The van der Waals surface area contributed by atoms with Crippen LogP contribution in [-0.4, -0.2) is 37.9 Å². The topological polar surface area (TPSA) is 68.0 Å². The molecular formula is C27H34F3N3O2. The van der Waals surface area contributed by atoms with Crippen molar-refractivity contribution in [2.24, 2.45) is 40.9 Å². The fourth-order valence-electron chi connectivity index (χ4n) is 8.95. The standard InChI is InChI=1S/C27H34F3N3O2/c1-26-10-8-18-17-9-11-27(35,25(29)30)13-15(17)2-4-19(18)20(26)5-6-21(26)24(34)14-33-23-12-16(28)3-7-22(23)31-32-33/h3,7,12,15,17-21,25,35H,2,4-6,8-11,13-14H2,1H3/t15?,17?,18-,19?,20+,21-,26+,27-/m1/s1. The number of hydrogen-bond acceptors (Lipinski definition) is 4. The third kappa shape index (κ3) is 3.65. The number of nitrogens with zero attached hydrogens (tertiary/aromatic N) is 3. The van der Waals surface area contributed by atoms with E-state index in [1.165, 1.54) is 16.8 Å². The summed E-state index contributed by atoms with van der Waals surface area (Å²) in [6, 6.07) is 4.31. The minimum absolute atomic E-state index is 0.0470. The van der Waals surface area contributed by atoms with Crippen LogP contribution in [0.5, 0.6) is 0 Å². The van der Waals surface area contributed by atoms with Gasteiger partial charge in [0.1, 0.15) is 23.5 Å². The van der Waals surface area contributed by atoms with E-state index in [1.54, 1.807) is 6.07 Å². The van der Waals surface area contributed by atoms with Gasteiger partial charge in [-0.25, -0.2) is 17.9 Å². The van der Waals surface area contributed by atoms with Crippen molar-refractivity contribution in [1.82, 2.24) is 15.0 Å². The zero-order chi connectivity index (χ0) is 24.5. The highest BCUT2D eigenvalue weighted by atomic mass is 19.3. The summed E-state index contributed by atoms with van der Waals surface area (Å²) in [4.78, 5) is 13.5. The Bertz CT molecular complexity index is 1140. The van der Waals surface area contributed by atoms with Gasteiger partial charge in [0.25, 0.3) is 6.43 Å². The van der Waals surface area contributed by atoms with Gasteiger partial charge in [-0.1, -0.05) is 12.1 Å². The van der Waals surface area contributed by atoms with E-state index in [4.69, 9.17) is 0 Å². The van der Waals surface area contributed by atoms with Gasteiger partial charge in [-0.3, -0.25) is 4.79 Å². The molecule has 4 aliphatic rings. The Morgan fingerprint density at radius 1 is 1.11 bits per heavy atom. The molecule has 1 heterocycles. The van der Waals surface area contributed by atoms with Crippen molar-refractivity contribution in [1.29, 1.82) is 0 Å². The van der Waals surface area contributed by atoms with Gasteiger partial charge in [0, 0.05) is 12.0 Å². The van der Waals surface area contributed by atoms with Crippen molar-refractivity contribution in [2.75, 3.05) is 0 Å². The first kappa shape index (κ1) is 23.4. The number of halogens is 3. The Kier molecular flexibility index (Phi) is 5.55. The van der Waals surface area contributed by atoms with Crippen LogP contribution in [0.2, 0.25) is 0 Å².